The van der Waals surface area contributed by atoms with Crippen molar-refractivity contribution >= 4 is 29.1 Å². The van der Waals surface area contributed by atoms with Crippen molar-refractivity contribution in [2.45, 2.75) is 59.0 Å². The lowest BCUT2D eigenvalue weighted by molar-refractivity contribution is -0.139. The number of ether oxygens (including phenoxy) is 1. The predicted octanol–water partition coefficient (Wildman–Crippen LogP) is 5.70. The van der Waals surface area contributed by atoms with Crippen molar-refractivity contribution < 1.29 is 19.4 Å². The number of methoxy groups -OCH3 is 1. The Morgan fingerprint density at radius 3 is 2.53 bits per heavy atom. The molecular weight excluding hydrogens is 502 g/mol. The number of aliphatic hydroxyl groups excluding tert-OH is 1. The van der Waals surface area contributed by atoms with Crippen LogP contribution in [0.5, 0.6) is 5.75 Å². The molecule has 7 nitrogen and oxygen atoms in total. The van der Waals surface area contributed by atoms with Crippen molar-refractivity contribution in [3.63, 3.8) is 0 Å². The minimum Gasteiger partial charge on any atom is -0.497 e. The molecule has 2 N–H and O–H groups in total. The maximum absolute atomic E-state index is 12.7. The number of anilines is 1. The Kier molecular flexibility index (Phi) is 13.4. The number of rotatable bonds is 11. The number of hydrogen-bond donors (Lipinski definition) is 2. The molecule has 0 saturated carbocycles. The maximum atomic E-state index is 12.7. The van der Waals surface area contributed by atoms with E-state index in [1.807, 2.05) is 39.0 Å². The molecular formula is C30H44ClN3O4. The van der Waals surface area contributed by atoms with Crippen LogP contribution < -0.4 is 15.0 Å². The Morgan fingerprint density at radius 1 is 1.18 bits per heavy atom. The standard InChI is InChI=1S/C28H38ClN3O4.C2H6/c1-4-14-30-27(34)24-11-10-22(19-25(24)29)32-16-12-20(13-17-32)7-6-15-31(2)28(35)26(33)21-8-5-9-23(18-21)36-3;1-2/h5,8-11,18-20,26,33H,4,6-7,12-17H2,1-3H3,(H,30,34);1-2H3. The Hall–Kier alpha value is -2.77. The number of piperidine rings is 1. The lowest BCUT2D eigenvalue weighted by Crippen LogP contribution is -2.35. The van der Waals surface area contributed by atoms with Crippen molar-refractivity contribution in [2.75, 3.05) is 45.2 Å². The molecule has 2 aromatic rings. The molecule has 2 aromatic carbocycles. The van der Waals surface area contributed by atoms with E-state index in [2.05, 4.69) is 10.2 Å². The summed E-state index contributed by atoms with van der Waals surface area (Å²) in [5, 5.41) is 13.8. The number of aliphatic hydroxyl groups is 1. The fourth-order valence-corrected chi connectivity index (χ4v) is 4.85. The van der Waals surface area contributed by atoms with Crippen molar-refractivity contribution in [1.82, 2.24) is 10.2 Å². The number of amides is 2. The van der Waals surface area contributed by atoms with Gasteiger partial charge in [-0.2, -0.15) is 0 Å². The summed E-state index contributed by atoms with van der Waals surface area (Å²) in [5.41, 5.74) is 2.09. The molecule has 1 aliphatic rings. The van der Waals surface area contributed by atoms with Gasteiger partial charge in [0.2, 0.25) is 0 Å². The summed E-state index contributed by atoms with van der Waals surface area (Å²) in [6.07, 6.45) is 3.77. The van der Waals surface area contributed by atoms with Gasteiger partial charge in [0, 0.05) is 38.9 Å². The zero-order chi connectivity index (χ0) is 28.1. The molecule has 38 heavy (non-hydrogen) atoms. The van der Waals surface area contributed by atoms with Crippen LogP contribution in [0.2, 0.25) is 5.02 Å². The Bertz CT molecular complexity index is 1020. The van der Waals surface area contributed by atoms with Crippen molar-refractivity contribution in [3.05, 3.63) is 58.6 Å². The Balaban J connectivity index is 0.00000247. The first-order valence-electron chi connectivity index (χ1n) is 13.7. The van der Waals surface area contributed by atoms with Gasteiger partial charge in [-0.1, -0.05) is 44.5 Å². The summed E-state index contributed by atoms with van der Waals surface area (Å²) in [7, 11) is 3.30. The minimum atomic E-state index is -1.19. The third-order valence-corrected chi connectivity index (χ3v) is 7.15. The molecule has 0 bridgehead atoms. The molecule has 8 heteroatoms. The summed E-state index contributed by atoms with van der Waals surface area (Å²) in [5.74, 6) is 0.778. The molecule has 0 aliphatic carbocycles. The number of hydrogen-bond acceptors (Lipinski definition) is 5. The second-order valence-electron chi connectivity index (χ2n) is 9.43. The van der Waals surface area contributed by atoms with Gasteiger partial charge in [-0.25, -0.2) is 0 Å². The van der Waals surface area contributed by atoms with E-state index in [1.165, 1.54) is 0 Å². The number of likely N-dealkylation sites (N-methyl/N-ethyl adjacent to an activating group) is 1. The van der Waals surface area contributed by atoms with Gasteiger partial charge in [0.25, 0.3) is 11.8 Å². The van der Waals surface area contributed by atoms with Crippen LogP contribution in [-0.2, 0) is 4.79 Å². The van der Waals surface area contributed by atoms with Crippen LogP contribution in [0.4, 0.5) is 5.69 Å². The van der Waals surface area contributed by atoms with Gasteiger partial charge in [0.05, 0.1) is 17.7 Å². The van der Waals surface area contributed by atoms with E-state index in [1.54, 1.807) is 43.3 Å². The van der Waals surface area contributed by atoms with Crippen LogP contribution in [0.1, 0.15) is 74.9 Å². The Labute approximate surface area is 233 Å². The smallest absolute Gasteiger partial charge is 0.255 e. The first kappa shape index (κ1) is 31.4. The lowest BCUT2D eigenvalue weighted by atomic mass is 9.91. The number of benzene rings is 2. The second kappa shape index (κ2) is 16.2. The van der Waals surface area contributed by atoms with Crippen molar-refractivity contribution in [3.8, 4) is 5.75 Å². The molecule has 1 atom stereocenters. The molecule has 1 fully saturated rings. The number of nitrogens with one attached hydrogen (secondary N) is 1. The van der Waals surface area contributed by atoms with Crippen molar-refractivity contribution in [2.24, 2.45) is 5.92 Å². The minimum absolute atomic E-state index is 0.133. The molecule has 0 radical (unpaired) electrons. The quantitative estimate of drug-likeness (QED) is 0.378. The van der Waals surface area contributed by atoms with Gasteiger partial charge < -0.3 is 25.0 Å². The highest BCUT2D eigenvalue weighted by molar-refractivity contribution is 6.34. The van der Waals surface area contributed by atoms with E-state index in [4.69, 9.17) is 16.3 Å². The Morgan fingerprint density at radius 2 is 1.89 bits per heavy atom. The van der Waals surface area contributed by atoms with Crippen LogP contribution in [-0.4, -0.2) is 62.2 Å². The average molecular weight is 546 g/mol. The van der Waals surface area contributed by atoms with E-state index in [-0.39, 0.29) is 11.8 Å². The SMILES string of the molecule is CC.CCCNC(=O)c1ccc(N2CCC(CCCN(C)C(=O)C(O)c3cccc(OC)c3)CC2)cc1Cl. The average Bonchev–Trinajstić information content (AvgIpc) is 2.96. The van der Waals surface area contributed by atoms with Gasteiger partial charge >= 0.3 is 0 Å². The van der Waals surface area contributed by atoms with Crippen LogP contribution in [0.25, 0.3) is 0 Å². The number of carbonyl (C=O) groups is 2. The summed E-state index contributed by atoms with van der Waals surface area (Å²) in [6.45, 7) is 9.13. The molecule has 0 spiro atoms. The summed E-state index contributed by atoms with van der Waals surface area (Å²) in [6, 6.07) is 12.6. The van der Waals surface area contributed by atoms with Crippen LogP contribution in [0.15, 0.2) is 42.5 Å². The first-order valence-corrected chi connectivity index (χ1v) is 14.1. The summed E-state index contributed by atoms with van der Waals surface area (Å²) in [4.78, 5) is 28.8. The molecule has 1 aliphatic heterocycles. The topological polar surface area (TPSA) is 82.1 Å². The number of carbonyl (C=O) groups excluding carboxylic acids is 2. The van der Waals surface area contributed by atoms with E-state index in [9.17, 15) is 14.7 Å². The predicted molar refractivity (Wildman–Crippen MR) is 155 cm³/mol. The molecule has 1 heterocycles. The molecule has 3 rings (SSSR count). The van der Waals surface area contributed by atoms with E-state index in [0.29, 0.717) is 40.9 Å². The zero-order valence-electron chi connectivity index (χ0n) is 23.5. The first-order chi connectivity index (χ1) is 18.3. The van der Waals surface area contributed by atoms with Gasteiger partial charge in [-0.15, -0.1) is 0 Å². The number of halogens is 1. The maximum Gasteiger partial charge on any atom is 0.255 e. The molecule has 2 amide bonds. The molecule has 1 unspecified atom stereocenters. The van der Waals surface area contributed by atoms with E-state index >= 15 is 0 Å². The highest BCUT2D eigenvalue weighted by Gasteiger charge is 2.23. The highest BCUT2D eigenvalue weighted by atomic mass is 35.5. The number of nitrogens with zero attached hydrogens (tertiary/aromatic N) is 2. The van der Waals surface area contributed by atoms with Gasteiger partial charge in [0.1, 0.15) is 5.75 Å². The van der Waals surface area contributed by atoms with Gasteiger partial charge in [0.15, 0.2) is 6.10 Å². The molecule has 1 saturated heterocycles. The third kappa shape index (κ3) is 8.91. The molecule has 210 valence electrons. The van der Waals surface area contributed by atoms with E-state index in [0.717, 1.165) is 50.9 Å². The fourth-order valence-electron chi connectivity index (χ4n) is 4.59. The highest BCUT2D eigenvalue weighted by Crippen LogP contribution is 2.29. The lowest BCUT2D eigenvalue weighted by Gasteiger charge is -2.34. The second-order valence-corrected chi connectivity index (χ2v) is 9.84. The summed E-state index contributed by atoms with van der Waals surface area (Å²) < 4.78 is 5.18. The normalized spacial score (nSPS) is 14.2. The zero-order valence-corrected chi connectivity index (χ0v) is 24.3. The van der Waals surface area contributed by atoms with Gasteiger partial charge in [-0.3, -0.25) is 9.59 Å². The van der Waals surface area contributed by atoms with Gasteiger partial charge in [-0.05, 0) is 73.9 Å². The van der Waals surface area contributed by atoms with Crippen LogP contribution in [0.3, 0.4) is 0 Å². The largest absolute Gasteiger partial charge is 0.497 e. The van der Waals surface area contributed by atoms with E-state index < -0.39 is 6.10 Å². The van der Waals surface area contributed by atoms with Crippen molar-refractivity contribution in [1.29, 1.82) is 0 Å². The monoisotopic (exact) mass is 545 g/mol. The fraction of sp³-hybridized carbons (Fsp3) is 0.533. The van der Waals surface area contributed by atoms with Crippen LogP contribution >= 0.6 is 11.6 Å². The van der Waals surface area contributed by atoms with Crippen LogP contribution in [0, 0.1) is 5.92 Å². The summed E-state index contributed by atoms with van der Waals surface area (Å²) >= 11 is 6.41. The molecule has 0 aromatic heterocycles. The third-order valence-electron chi connectivity index (χ3n) is 6.84.